The van der Waals surface area contributed by atoms with Crippen LogP contribution >= 0.6 is 11.8 Å². The molecule has 1 aromatic heterocycles. The smallest absolute Gasteiger partial charge is 0.408 e. The van der Waals surface area contributed by atoms with Crippen LogP contribution in [0.2, 0.25) is 0 Å². The van der Waals surface area contributed by atoms with E-state index in [0.29, 0.717) is 29.1 Å². The number of amides is 1. The fraction of sp³-hybridized carbons (Fsp3) is 0.263. The van der Waals surface area contributed by atoms with Crippen LogP contribution in [0.15, 0.2) is 51.7 Å². The zero-order chi connectivity index (χ0) is 18.7. The van der Waals surface area contributed by atoms with Gasteiger partial charge in [-0.1, -0.05) is 18.2 Å². The van der Waals surface area contributed by atoms with E-state index in [9.17, 15) is 14.0 Å². The number of nitrogens with one attached hydrogen (secondary N) is 1. The van der Waals surface area contributed by atoms with E-state index in [1.54, 1.807) is 36.6 Å². The molecule has 0 radical (unpaired) electrons. The first kappa shape index (κ1) is 18.3. The highest BCUT2D eigenvalue weighted by molar-refractivity contribution is 8.00. The second kappa shape index (κ2) is 7.78. The molecule has 1 heterocycles. The van der Waals surface area contributed by atoms with Crippen molar-refractivity contribution in [1.29, 1.82) is 0 Å². The summed E-state index contributed by atoms with van der Waals surface area (Å²) in [6.45, 7) is 3.89. The van der Waals surface area contributed by atoms with Gasteiger partial charge in [-0.2, -0.15) is 0 Å². The van der Waals surface area contributed by atoms with Crippen molar-refractivity contribution < 1.29 is 13.6 Å². The maximum Gasteiger partial charge on any atom is 0.419 e. The number of rotatable bonds is 6. The summed E-state index contributed by atoms with van der Waals surface area (Å²) in [5.74, 6) is -0.392. The van der Waals surface area contributed by atoms with Gasteiger partial charge in [0, 0.05) is 18.0 Å². The number of oxazole rings is 1. The number of hydrogen-bond acceptors (Lipinski definition) is 4. The van der Waals surface area contributed by atoms with Gasteiger partial charge < -0.3 is 9.73 Å². The van der Waals surface area contributed by atoms with E-state index >= 15 is 0 Å². The zero-order valence-electron chi connectivity index (χ0n) is 14.5. The second-order valence-corrected chi connectivity index (χ2v) is 7.40. The van der Waals surface area contributed by atoms with E-state index in [4.69, 9.17) is 4.42 Å². The summed E-state index contributed by atoms with van der Waals surface area (Å²) in [5.41, 5.74) is 2.26. The lowest BCUT2D eigenvalue weighted by Crippen LogP contribution is -2.24. The number of anilines is 1. The number of carbonyl (C=O) groups is 1. The Balaban J connectivity index is 1.57. The number of halogens is 1. The van der Waals surface area contributed by atoms with Crippen molar-refractivity contribution in [2.24, 2.45) is 0 Å². The summed E-state index contributed by atoms with van der Waals surface area (Å²) in [6.07, 6.45) is 0. The van der Waals surface area contributed by atoms with Crippen molar-refractivity contribution in [3.63, 3.8) is 0 Å². The molecule has 3 rings (SSSR count). The molecule has 0 aliphatic rings. The van der Waals surface area contributed by atoms with Gasteiger partial charge in [0.2, 0.25) is 5.91 Å². The van der Waals surface area contributed by atoms with Crippen molar-refractivity contribution in [1.82, 2.24) is 4.57 Å². The molecular formula is C19H19FN2O3S. The molecule has 7 heteroatoms. The van der Waals surface area contributed by atoms with E-state index in [2.05, 4.69) is 5.32 Å². The summed E-state index contributed by atoms with van der Waals surface area (Å²) in [5, 5.41) is 2.37. The Hall–Kier alpha value is -2.54. The van der Waals surface area contributed by atoms with E-state index in [0.717, 1.165) is 5.52 Å². The number of hydrogen-bond donors (Lipinski definition) is 1. The van der Waals surface area contributed by atoms with Gasteiger partial charge >= 0.3 is 5.76 Å². The minimum atomic E-state index is -0.404. The molecule has 2 aromatic carbocycles. The predicted octanol–water partition coefficient (Wildman–Crippen LogP) is 3.80. The second-order valence-electron chi connectivity index (χ2n) is 5.95. The fourth-order valence-corrected chi connectivity index (χ4v) is 3.39. The van der Waals surface area contributed by atoms with Gasteiger partial charge in [0.15, 0.2) is 5.58 Å². The molecule has 3 aromatic rings. The van der Waals surface area contributed by atoms with E-state index < -0.39 is 5.76 Å². The molecule has 1 unspecified atom stereocenters. The van der Waals surface area contributed by atoms with Crippen molar-refractivity contribution in [3.05, 3.63) is 64.4 Å². The lowest BCUT2D eigenvalue weighted by atomic mass is 10.2. The van der Waals surface area contributed by atoms with Gasteiger partial charge in [0.1, 0.15) is 5.82 Å². The number of nitrogens with zero attached hydrogens (tertiary/aromatic N) is 1. The Labute approximate surface area is 154 Å². The number of thioether (sulfide) groups is 1. The van der Waals surface area contributed by atoms with Gasteiger partial charge in [0.25, 0.3) is 0 Å². The molecule has 136 valence electrons. The summed E-state index contributed by atoms with van der Waals surface area (Å²) in [6, 6.07) is 11.8. The van der Waals surface area contributed by atoms with E-state index in [1.165, 1.54) is 17.8 Å². The summed E-state index contributed by atoms with van der Waals surface area (Å²) >= 11 is 1.42. The number of aromatic nitrogens is 1. The van der Waals surface area contributed by atoms with Crippen molar-refractivity contribution in [3.8, 4) is 0 Å². The zero-order valence-corrected chi connectivity index (χ0v) is 15.3. The molecule has 0 bridgehead atoms. The molecule has 1 N–H and O–H groups in total. The molecule has 0 saturated heterocycles. The van der Waals surface area contributed by atoms with Crippen LogP contribution in [0.3, 0.4) is 0 Å². The van der Waals surface area contributed by atoms with Gasteiger partial charge in [-0.15, -0.1) is 11.8 Å². The molecular weight excluding hydrogens is 355 g/mol. The monoisotopic (exact) mass is 374 g/mol. The fourth-order valence-electron chi connectivity index (χ4n) is 2.54. The SMILES string of the molecule is Cc1ccc(NC(=O)C(C)SCCn2c(=O)oc3ccccc32)cc1F. The highest BCUT2D eigenvalue weighted by Gasteiger charge is 2.15. The first-order valence-corrected chi connectivity index (χ1v) is 9.27. The third-order valence-corrected chi connectivity index (χ3v) is 5.20. The number of fused-ring (bicyclic) bond motifs is 1. The van der Waals surface area contributed by atoms with Crippen LogP contribution in [0.4, 0.5) is 10.1 Å². The van der Waals surface area contributed by atoms with Crippen LogP contribution in [-0.4, -0.2) is 21.5 Å². The quantitative estimate of drug-likeness (QED) is 0.713. The van der Waals surface area contributed by atoms with Crippen molar-refractivity contribution in [2.75, 3.05) is 11.1 Å². The van der Waals surface area contributed by atoms with Crippen molar-refractivity contribution >= 4 is 34.5 Å². The summed E-state index contributed by atoms with van der Waals surface area (Å²) in [7, 11) is 0. The maximum atomic E-state index is 13.6. The van der Waals surface area contributed by atoms with Gasteiger partial charge in [0.05, 0.1) is 10.8 Å². The molecule has 0 spiro atoms. The van der Waals surface area contributed by atoms with Gasteiger partial charge in [-0.05, 0) is 43.7 Å². The molecule has 0 fully saturated rings. The van der Waals surface area contributed by atoms with Crippen LogP contribution in [0.5, 0.6) is 0 Å². The van der Waals surface area contributed by atoms with Crippen LogP contribution in [-0.2, 0) is 11.3 Å². The summed E-state index contributed by atoms with van der Waals surface area (Å²) in [4.78, 5) is 24.2. The molecule has 0 aliphatic carbocycles. The average Bonchev–Trinajstić information content (AvgIpc) is 2.93. The van der Waals surface area contributed by atoms with E-state index in [-0.39, 0.29) is 17.0 Å². The first-order chi connectivity index (χ1) is 12.5. The predicted molar refractivity (Wildman–Crippen MR) is 102 cm³/mol. The van der Waals surface area contributed by atoms with Gasteiger partial charge in [-0.25, -0.2) is 9.18 Å². The summed E-state index contributed by atoms with van der Waals surface area (Å²) < 4.78 is 20.3. The molecule has 0 saturated carbocycles. The number of carbonyl (C=O) groups excluding carboxylic acids is 1. The lowest BCUT2D eigenvalue weighted by Gasteiger charge is -2.12. The Morgan fingerprint density at radius 2 is 2.08 bits per heavy atom. The van der Waals surface area contributed by atoms with Crippen LogP contribution in [0.1, 0.15) is 12.5 Å². The van der Waals surface area contributed by atoms with Crippen LogP contribution < -0.4 is 11.1 Å². The Morgan fingerprint density at radius 3 is 2.85 bits per heavy atom. The Morgan fingerprint density at radius 1 is 1.31 bits per heavy atom. The number of para-hydroxylation sites is 2. The largest absolute Gasteiger partial charge is 0.419 e. The average molecular weight is 374 g/mol. The molecule has 1 atom stereocenters. The molecule has 5 nitrogen and oxygen atoms in total. The minimum Gasteiger partial charge on any atom is -0.408 e. The standard InChI is InChI=1S/C19H19FN2O3S/c1-12-7-8-14(11-15(12)20)21-18(23)13(2)26-10-9-22-16-5-3-4-6-17(16)25-19(22)24/h3-8,11,13H,9-10H2,1-2H3,(H,21,23). The topological polar surface area (TPSA) is 64.2 Å². The molecule has 1 amide bonds. The lowest BCUT2D eigenvalue weighted by molar-refractivity contribution is -0.115. The van der Waals surface area contributed by atoms with Gasteiger partial charge in [-0.3, -0.25) is 9.36 Å². The van der Waals surface area contributed by atoms with E-state index in [1.807, 2.05) is 18.2 Å². The maximum absolute atomic E-state index is 13.6. The number of aryl methyl sites for hydroxylation is 2. The van der Waals surface area contributed by atoms with Crippen LogP contribution in [0.25, 0.3) is 11.1 Å². The third kappa shape index (κ3) is 3.99. The highest BCUT2D eigenvalue weighted by atomic mass is 32.2. The normalized spacial score (nSPS) is 12.3. The van der Waals surface area contributed by atoms with Crippen molar-refractivity contribution in [2.45, 2.75) is 25.6 Å². The van der Waals surface area contributed by atoms with Crippen LogP contribution in [0, 0.1) is 12.7 Å². The Kier molecular flexibility index (Phi) is 5.46. The Bertz CT molecular complexity index is 996. The first-order valence-electron chi connectivity index (χ1n) is 8.22. The number of benzene rings is 2. The third-order valence-electron chi connectivity index (χ3n) is 4.07. The molecule has 26 heavy (non-hydrogen) atoms. The minimum absolute atomic E-state index is 0.206. The molecule has 0 aliphatic heterocycles. The highest BCUT2D eigenvalue weighted by Crippen LogP contribution is 2.18.